The molecule has 0 heterocycles. The molecule has 1 amide bonds. The van der Waals surface area contributed by atoms with E-state index in [4.69, 9.17) is 5.73 Å². The molecule has 0 radical (unpaired) electrons. The minimum atomic E-state index is -0.417. The lowest BCUT2D eigenvalue weighted by Crippen LogP contribution is -2.43. The van der Waals surface area contributed by atoms with Gasteiger partial charge in [-0.2, -0.15) is 0 Å². The van der Waals surface area contributed by atoms with Crippen LogP contribution in [-0.4, -0.2) is 23.4 Å². The second kappa shape index (κ2) is 8.35. The number of hydrogen-bond donors (Lipinski definition) is 1. The maximum Gasteiger partial charge on any atom is 0.239 e. The van der Waals surface area contributed by atoms with Crippen molar-refractivity contribution in [2.75, 3.05) is 6.54 Å². The van der Waals surface area contributed by atoms with Crippen molar-refractivity contribution in [1.82, 2.24) is 4.90 Å². The zero-order valence-corrected chi connectivity index (χ0v) is 13.1. The topological polar surface area (TPSA) is 46.3 Å². The van der Waals surface area contributed by atoms with Gasteiger partial charge in [-0.25, -0.2) is 0 Å². The van der Waals surface area contributed by atoms with Crippen LogP contribution < -0.4 is 5.73 Å². The van der Waals surface area contributed by atoms with Gasteiger partial charge in [-0.05, 0) is 24.0 Å². The molecule has 0 bridgehead atoms. The van der Waals surface area contributed by atoms with Gasteiger partial charge in [0.1, 0.15) is 0 Å². The summed E-state index contributed by atoms with van der Waals surface area (Å²) < 4.78 is 0. The molecule has 0 aliphatic rings. The molecule has 2 aromatic carbocycles. The molecular weight excluding hydrogens is 272 g/mol. The third-order valence-corrected chi connectivity index (χ3v) is 3.80. The standard InChI is InChI=1S/C19H24N2O/c1-2-18(20)19(22)21(15-17-11-7-4-8-12-17)14-13-16-9-5-3-6-10-16/h3-12,18H,2,13-15,20H2,1H3/t18-/m0/s1. The Balaban J connectivity index is 2.05. The Bertz CT molecular complexity index is 569. The predicted octanol–water partition coefficient (Wildman–Crippen LogP) is 3.00. The van der Waals surface area contributed by atoms with E-state index in [1.165, 1.54) is 5.56 Å². The minimum absolute atomic E-state index is 0.0299. The number of hydrogen-bond acceptors (Lipinski definition) is 2. The van der Waals surface area contributed by atoms with Crippen LogP contribution in [0.2, 0.25) is 0 Å². The second-order valence-corrected chi connectivity index (χ2v) is 5.50. The van der Waals surface area contributed by atoms with Gasteiger partial charge in [0.25, 0.3) is 0 Å². The van der Waals surface area contributed by atoms with E-state index >= 15 is 0 Å². The lowest BCUT2D eigenvalue weighted by molar-refractivity contribution is -0.133. The molecule has 0 unspecified atom stereocenters. The van der Waals surface area contributed by atoms with Crippen LogP contribution in [0.25, 0.3) is 0 Å². The van der Waals surface area contributed by atoms with Crippen LogP contribution in [0.5, 0.6) is 0 Å². The highest BCUT2D eigenvalue weighted by atomic mass is 16.2. The van der Waals surface area contributed by atoms with Gasteiger partial charge >= 0.3 is 0 Å². The zero-order chi connectivity index (χ0) is 15.8. The maximum absolute atomic E-state index is 12.5. The molecule has 22 heavy (non-hydrogen) atoms. The highest BCUT2D eigenvalue weighted by Gasteiger charge is 2.19. The van der Waals surface area contributed by atoms with E-state index in [0.29, 0.717) is 19.5 Å². The smallest absolute Gasteiger partial charge is 0.239 e. The Morgan fingerprint density at radius 1 is 1.00 bits per heavy atom. The zero-order valence-electron chi connectivity index (χ0n) is 13.1. The molecule has 3 nitrogen and oxygen atoms in total. The summed E-state index contributed by atoms with van der Waals surface area (Å²) in [6, 6.07) is 19.9. The van der Waals surface area contributed by atoms with Crippen LogP contribution in [-0.2, 0) is 17.8 Å². The van der Waals surface area contributed by atoms with Crippen molar-refractivity contribution in [1.29, 1.82) is 0 Å². The summed E-state index contributed by atoms with van der Waals surface area (Å²) in [5.41, 5.74) is 8.32. The van der Waals surface area contributed by atoms with Gasteiger partial charge in [-0.1, -0.05) is 67.6 Å². The fraction of sp³-hybridized carbons (Fsp3) is 0.316. The highest BCUT2D eigenvalue weighted by Crippen LogP contribution is 2.09. The average molecular weight is 296 g/mol. The average Bonchev–Trinajstić information content (AvgIpc) is 2.59. The number of amides is 1. The van der Waals surface area contributed by atoms with E-state index in [1.807, 2.05) is 60.4 Å². The van der Waals surface area contributed by atoms with E-state index in [2.05, 4.69) is 12.1 Å². The van der Waals surface area contributed by atoms with Crippen molar-refractivity contribution in [3.05, 3.63) is 71.8 Å². The van der Waals surface area contributed by atoms with Crippen LogP contribution in [0.3, 0.4) is 0 Å². The summed E-state index contributed by atoms with van der Waals surface area (Å²) in [4.78, 5) is 14.4. The number of benzene rings is 2. The Morgan fingerprint density at radius 2 is 1.55 bits per heavy atom. The van der Waals surface area contributed by atoms with Gasteiger partial charge in [0.15, 0.2) is 0 Å². The Kier molecular flexibility index (Phi) is 6.16. The molecule has 0 aliphatic heterocycles. The molecule has 0 spiro atoms. The first-order valence-electron chi connectivity index (χ1n) is 7.83. The van der Waals surface area contributed by atoms with Crippen LogP contribution in [0.15, 0.2) is 60.7 Å². The minimum Gasteiger partial charge on any atom is -0.337 e. The van der Waals surface area contributed by atoms with Gasteiger partial charge in [-0.3, -0.25) is 4.79 Å². The predicted molar refractivity (Wildman–Crippen MR) is 90.3 cm³/mol. The molecule has 0 saturated heterocycles. The summed E-state index contributed by atoms with van der Waals surface area (Å²) in [5.74, 6) is 0.0299. The molecule has 2 aromatic rings. The van der Waals surface area contributed by atoms with Crippen molar-refractivity contribution in [2.45, 2.75) is 32.4 Å². The van der Waals surface area contributed by atoms with E-state index in [9.17, 15) is 4.79 Å². The van der Waals surface area contributed by atoms with E-state index < -0.39 is 6.04 Å². The third-order valence-electron chi connectivity index (χ3n) is 3.80. The Morgan fingerprint density at radius 3 is 2.09 bits per heavy atom. The Labute approximate surface area is 132 Å². The third kappa shape index (κ3) is 4.71. The molecule has 3 heteroatoms. The monoisotopic (exact) mass is 296 g/mol. The van der Waals surface area contributed by atoms with Crippen molar-refractivity contribution < 1.29 is 4.79 Å². The van der Waals surface area contributed by atoms with Crippen LogP contribution in [0.1, 0.15) is 24.5 Å². The normalized spacial score (nSPS) is 11.9. The fourth-order valence-electron chi connectivity index (χ4n) is 2.39. The molecule has 2 N–H and O–H groups in total. The summed E-state index contributed by atoms with van der Waals surface area (Å²) in [6.45, 7) is 3.24. The fourth-order valence-corrected chi connectivity index (χ4v) is 2.39. The van der Waals surface area contributed by atoms with Gasteiger partial charge < -0.3 is 10.6 Å². The molecule has 0 aliphatic carbocycles. The first kappa shape index (κ1) is 16.2. The largest absolute Gasteiger partial charge is 0.337 e. The van der Waals surface area contributed by atoms with Crippen molar-refractivity contribution in [3.63, 3.8) is 0 Å². The second-order valence-electron chi connectivity index (χ2n) is 5.50. The highest BCUT2D eigenvalue weighted by molar-refractivity contribution is 5.81. The first-order valence-corrected chi connectivity index (χ1v) is 7.83. The summed E-state index contributed by atoms with van der Waals surface area (Å²) in [7, 11) is 0. The van der Waals surface area contributed by atoms with Crippen LogP contribution in [0, 0.1) is 0 Å². The molecule has 0 saturated carbocycles. The van der Waals surface area contributed by atoms with Crippen molar-refractivity contribution >= 4 is 5.91 Å². The van der Waals surface area contributed by atoms with Gasteiger partial charge in [-0.15, -0.1) is 0 Å². The van der Waals surface area contributed by atoms with Crippen molar-refractivity contribution in [2.24, 2.45) is 5.73 Å². The molecule has 116 valence electrons. The SMILES string of the molecule is CC[C@H](N)C(=O)N(CCc1ccccc1)Cc1ccccc1. The van der Waals surface area contributed by atoms with Gasteiger partial charge in [0, 0.05) is 13.1 Å². The maximum atomic E-state index is 12.5. The Hall–Kier alpha value is -2.13. The lowest BCUT2D eigenvalue weighted by atomic mass is 10.1. The van der Waals surface area contributed by atoms with Crippen LogP contribution in [0.4, 0.5) is 0 Å². The molecule has 2 rings (SSSR count). The lowest BCUT2D eigenvalue weighted by Gasteiger charge is -2.25. The molecule has 0 aromatic heterocycles. The number of rotatable bonds is 7. The van der Waals surface area contributed by atoms with Gasteiger partial charge in [0.2, 0.25) is 5.91 Å². The van der Waals surface area contributed by atoms with Crippen LogP contribution >= 0.6 is 0 Å². The number of nitrogens with zero attached hydrogens (tertiary/aromatic N) is 1. The van der Waals surface area contributed by atoms with Crippen molar-refractivity contribution in [3.8, 4) is 0 Å². The molecule has 1 atom stereocenters. The summed E-state index contributed by atoms with van der Waals surface area (Å²) in [5, 5.41) is 0. The quantitative estimate of drug-likeness (QED) is 0.853. The van der Waals surface area contributed by atoms with Gasteiger partial charge in [0.05, 0.1) is 6.04 Å². The van der Waals surface area contributed by atoms with E-state index in [-0.39, 0.29) is 5.91 Å². The first-order chi connectivity index (χ1) is 10.7. The molecule has 0 fully saturated rings. The summed E-state index contributed by atoms with van der Waals surface area (Å²) >= 11 is 0. The molecular formula is C19H24N2O. The number of carbonyl (C=O) groups is 1. The number of carbonyl (C=O) groups excluding carboxylic acids is 1. The van der Waals surface area contributed by atoms with E-state index in [0.717, 1.165) is 12.0 Å². The van der Waals surface area contributed by atoms with E-state index in [1.54, 1.807) is 0 Å². The number of nitrogens with two attached hydrogens (primary N) is 1. The summed E-state index contributed by atoms with van der Waals surface area (Å²) in [6.07, 6.45) is 1.51.